The number of hydrogen-bond acceptors (Lipinski definition) is 3. The highest BCUT2D eigenvalue weighted by molar-refractivity contribution is 7.14. The zero-order valence-electron chi connectivity index (χ0n) is 13.8. The number of hydrogen-bond donors (Lipinski definition) is 0. The monoisotopic (exact) mass is 358 g/mol. The number of amides is 2. The number of thiophene rings is 1. The molecule has 2 aromatic rings. The Balaban J connectivity index is 1.38. The largest absolute Gasteiger partial charge is 0.335 e. The number of carbonyl (C=O) groups excluding carboxylic acids is 2. The first-order valence-corrected chi connectivity index (χ1v) is 9.39. The first-order valence-electron chi connectivity index (χ1n) is 8.57. The molecule has 2 aliphatic rings. The molecular weight excluding hydrogens is 339 g/mol. The van der Waals surface area contributed by atoms with Crippen molar-refractivity contribution in [1.82, 2.24) is 9.80 Å². The average Bonchev–Trinajstić information content (AvgIpc) is 3.23. The molecule has 0 radical (unpaired) electrons. The molecule has 1 aliphatic carbocycles. The van der Waals surface area contributed by atoms with E-state index in [9.17, 15) is 14.0 Å². The second-order valence-electron chi connectivity index (χ2n) is 6.50. The van der Waals surface area contributed by atoms with Crippen molar-refractivity contribution >= 4 is 23.2 Å². The summed E-state index contributed by atoms with van der Waals surface area (Å²) in [6.07, 6.45) is 3.37. The first-order chi connectivity index (χ1) is 12.1. The van der Waals surface area contributed by atoms with Crippen molar-refractivity contribution in [2.45, 2.75) is 19.3 Å². The van der Waals surface area contributed by atoms with Crippen LogP contribution < -0.4 is 0 Å². The summed E-state index contributed by atoms with van der Waals surface area (Å²) in [7, 11) is 0. The van der Waals surface area contributed by atoms with E-state index in [1.165, 1.54) is 41.1 Å². The molecule has 25 heavy (non-hydrogen) atoms. The summed E-state index contributed by atoms with van der Waals surface area (Å²) in [6.45, 7) is 2.09. The molecule has 6 heteroatoms. The molecule has 130 valence electrons. The average molecular weight is 358 g/mol. The van der Waals surface area contributed by atoms with E-state index in [-0.39, 0.29) is 17.6 Å². The highest BCUT2D eigenvalue weighted by Gasteiger charge is 2.27. The zero-order valence-corrected chi connectivity index (χ0v) is 14.7. The summed E-state index contributed by atoms with van der Waals surface area (Å²) in [5, 5.41) is 0. The highest BCUT2D eigenvalue weighted by atomic mass is 32.1. The van der Waals surface area contributed by atoms with Crippen LogP contribution in [0.15, 0.2) is 30.3 Å². The smallest absolute Gasteiger partial charge is 0.264 e. The molecule has 2 heterocycles. The Morgan fingerprint density at radius 1 is 0.920 bits per heavy atom. The fraction of sp³-hybridized carbons (Fsp3) is 0.368. The predicted molar refractivity (Wildman–Crippen MR) is 94.6 cm³/mol. The van der Waals surface area contributed by atoms with E-state index in [4.69, 9.17) is 0 Å². The molecule has 0 bridgehead atoms. The summed E-state index contributed by atoms with van der Waals surface area (Å²) in [6, 6.07) is 7.64. The van der Waals surface area contributed by atoms with Crippen LogP contribution >= 0.6 is 11.3 Å². The van der Waals surface area contributed by atoms with Gasteiger partial charge in [-0.2, -0.15) is 0 Å². The van der Waals surface area contributed by atoms with Gasteiger partial charge < -0.3 is 9.80 Å². The van der Waals surface area contributed by atoms with Gasteiger partial charge in [-0.15, -0.1) is 11.3 Å². The van der Waals surface area contributed by atoms with E-state index in [2.05, 4.69) is 0 Å². The lowest BCUT2D eigenvalue weighted by Gasteiger charge is -2.34. The van der Waals surface area contributed by atoms with Crippen molar-refractivity contribution in [3.8, 4) is 0 Å². The van der Waals surface area contributed by atoms with Crippen LogP contribution in [-0.4, -0.2) is 47.8 Å². The normalized spacial score (nSPS) is 16.8. The van der Waals surface area contributed by atoms with Crippen LogP contribution in [0.5, 0.6) is 0 Å². The Labute approximate surface area is 149 Å². The second-order valence-corrected chi connectivity index (χ2v) is 7.64. The molecule has 0 spiro atoms. The third kappa shape index (κ3) is 3.18. The van der Waals surface area contributed by atoms with Gasteiger partial charge in [0, 0.05) is 36.6 Å². The maximum atomic E-state index is 13.0. The third-order valence-corrected chi connectivity index (χ3v) is 6.13. The Kier molecular flexibility index (Phi) is 4.29. The number of fused-ring (bicyclic) bond motifs is 1. The number of piperazine rings is 1. The molecular formula is C19H19FN2O2S. The standard InChI is InChI=1S/C19H19FN2O2S/c20-15-6-4-13(5-7-15)18(23)21-8-10-22(11-9-21)19(24)17-12-14-2-1-3-16(14)25-17/h4-7,12H,1-3,8-11H2. The lowest BCUT2D eigenvalue weighted by Crippen LogP contribution is -2.50. The molecule has 1 aliphatic heterocycles. The maximum Gasteiger partial charge on any atom is 0.264 e. The van der Waals surface area contributed by atoms with Gasteiger partial charge in [-0.1, -0.05) is 0 Å². The SMILES string of the molecule is O=C(c1ccc(F)cc1)N1CCN(C(=O)c2cc3c(s2)CCC3)CC1. The second kappa shape index (κ2) is 6.59. The molecule has 0 N–H and O–H groups in total. The van der Waals surface area contributed by atoms with Gasteiger partial charge in [0.1, 0.15) is 5.82 Å². The minimum absolute atomic E-state index is 0.0771. The number of rotatable bonds is 2. The van der Waals surface area contributed by atoms with E-state index in [1.54, 1.807) is 16.2 Å². The van der Waals surface area contributed by atoms with Crippen molar-refractivity contribution in [2.75, 3.05) is 26.2 Å². The quantitative estimate of drug-likeness (QED) is 0.828. The summed E-state index contributed by atoms with van der Waals surface area (Å²) in [5.74, 6) is -0.384. The fourth-order valence-electron chi connectivity index (χ4n) is 3.48. The molecule has 2 amide bonds. The summed E-state index contributed by atoms with van der Waals surface area (Å²) in [5.41, 5.74) is 1.81. The topological polar surface area (TPSA) is 40.6 Å². The number of carbonyl (C=O) groups is 2. The molecule has 1 aromatic heterocycles. The van der Waals surface area contributed by atoms with Crippen molar-refractivity contribution in [3.63, 3.8) is 0 Å². The van der Waals surface area contributed by atoms with Crippen molar-refractivity contribution in [1.29, 1.82) is 0 Å². The number of halogens is 1. The minimum atomic E-state index is -0.352. The summed E-state index contributed by atoms with van der Waals surface area (Å²) >= 11 is 1.62. The van der Waals surface area contributed by atoms with E-state index in [1.807, 2.05) is 11.0 Å². The lowest BCUT2D eigenvalue weighted by atomic mass is 10.1. The van der Waals surface area contributed by atoms with Crippen molar-refractivity contribution < 1.29 is 14.0 Å². The van der Waals surface area contributed by atoms with Crippen LogP contribution in [0, 0.1) is 5.82 Å². The highest BCUT2D eigenvalue weighted by Crippen LogP contribution is 2.31. The number of aryl methyl sites for hydroxylation is 2. The molecule has 0 unspecified atom stereocenters. The van der Waals surface area contributed by atoms with Crippen molar-refractivity contribution in [2.24, 2.45) is 0 Å². The van der Waals surface area contributed by atoms with Crippen LogP contribution in [0.3, 0.4) is 0 Å². The van der Waals surface area contributed by atoms with Crippen LogP contribution in [-0.2, 0) is 12.8 Å². The maximum absolute atomic E-state index is 13.0. The predicted octanol–water partition coefficient (Wildman–Crippen LogP) is 2.97. The Hall–Kier alpha value is -2.21. The molecule has 1 saturated heterocycles. The van der Waals surface area contributed by atoms with Crippen LogP contribution in [0.1, 0.15) is 36.9 Å². The molecule has 0 atom stereocenters. The number of benzene rings is 1. The van der Waals surface area contributed by atoms with Gasteiger partial charge in [-0.05, 0) is 55.2 Å². The van der Waals surface area contributed by atoms with Gasteiger partial charge in [-0.25, -0.2) is 4.39 Å². The van der Waals surface area contributed by atoms with Gasteiger partial charge in [0.15, 0.2) is 0 Å². The van der Waals surface area contributed by atoms with E-state index >= 15 is 0 Å². The summed E-state index contributed by atoms with van der Waals surface area (Å²) in [4.78, 5) is 30.9. The summed E-state index contributed by atoms with van der Waals surface area (Å²) < 4.78 is 13.0. The van der Waals surface area contributed by atoms with Gasteiger partial charge in [-0.3, -0.25) is 9.59 Å². The molecule has 4 nitrogen and oxygen atoms in total. The molecule has 0 saturated carbocycles. The Bertz CT molecular complexity index is 786. The number of nitrogens with zero attached hydrogens (tertiary/aromatic N) is 2. The first kappa shape index (κ1) is 16.3. The van der Waals surface area contributed by atoms with Gasteiger partial charge in [0.05, 0.1) is 4.88 Å². The van der Waals surface area contributed by atoms with E-state index in [0.29, 0.717) is 31.7 Å². The Morgan fingerprint density at radius 3 is 2.20 bits per heavy atom. The van der Waals surface area contributed by atoms with Gasteiger partial charge in [0.25, 0.3) is 11.8 Å². The zero-order chi connectivity index (χ0) is 17.4. The lowest BCUT2D eigenvalue weighted by molar-refractivity contribution is 0.0538. The van der Waals surface area contributed by atoms with E-state index in [0.717, 1.165) is 17.7 Å². The van der Waals surface area contributed by atoms with E-state index < -0.39 is 0 Å². The fourth-order valence-corrected chi connectivity index (χ4v) is 4.70. The third-order valence-electron chi connectivity index (χ3n) is 4.90. The van der Waals surface area contributed by atoms with Crippen molar-refractivity contribution in [3.05, 3.63) is 57.0 Å². The molecule has 1 fully saturated rings. The van der Waals surface area contributed by atoms with Crippen LogP contribution in [0.4, 0.5) is 4.39 Å². The van der Waals surface area contributed by atoms with Crippen LogP contribution in [0.25, 0.3) is 0 Å². The van der Waals surface area contributed by atoms with Gasteiger partial charge >= 0.3 is 0 Å². The molecule has 4 rings (SSSR count). The minimum Gasteiger partial charge on any atom is -0.335 e. The molecule has 1 aromatic carbocycles. The van der Waals surface area contributed by atoms with Crippen LogP contribution in [0.2, 0.25) is 0 Å². The van der Waals surface area contributed by atoms with Gasteiger partial charge in [0.2, 0.25) is 0 Å². The Morgan fingerprint density at radius 2 is 1.56 bits per heavy atom.